The van der Waals surface area contributed by atoms with Crippen LogP contribution >= 0.6 is 0 Å². The molecule has 2 aromatic rings. The average molecular weight is 439 g/mol. The van der Waals surface area contributed by atoms with E-state index in [0.29, 0.717) is 45.6 Å². The lowest BCUT2D eigenvalue weighted by molar-refractivity contribution is -0.141. The first-order valence-electron chi connectivity index (χ1n) is 11.6. The number of carbonyl (C=O) groups excluding carboxylic acids is 2. The third kappa shape index (κ3) is 6.49. The number of nitrogens with zero attached hydrogens (tertiary/aromatic N) is 1. The molecule has 2 amide bonds. The molecule has 1 heterocycles. The van der Waals surface area contributed by atoms with E-state index < -0.39 is 6.04 Å². The molecule has 172 valence electrons. The molecule has 0 fully saturated rings. The van der Waals surface area contributed by atoms with Gasteiger partial charge in [-0.3, -0.25) is 9.59 Å². The summed E-state index contributed by atoms with van der Waals surface area (Å²) in [6.45, 7) is 6.18. The van der Waals surface area contributed by atoms with Crippen LogP contribution in [0.25, 0.3) is 0 Å². The van der Waals surface area contributed by atoms with Crippen molar-refractivity contribution in [3.63, 3.8) is 0 Å². The Kier molecular flexibility index (Phi) is 8.96. The standard InChI is InChI=1S/C26H34N2O4/c1-3-5-15-27-26(30)22(4-2)28(19-21-9-7-6-8-10-21)25(29)14-12-20-11-13-23-24(18-20)32-17-16-31-23/h6-11,13,18,22H,3-5,12,14-17,19H2,1-2H3,(H,27,30). The number of carbonyl (C=O) groups is 2. The van der Waals surface area contributed by atoms with Gasteiger partial charge in [-0.1, -0.05) is 56.7 Å². The summed E-state index contributed by atoms with van der Waals surface area (Å²) in [6, 6.07) is 15.2. The van der Waals surface area contributed by atoms with Crippen molar-refractivity contribution in [2.45, 2.75) is 58.5 Å². The highest BCUT2D eigenvalue weighted by Gasteiger charge is 2.28. The van der Waals surface area contributed by atoms with Crippen LogP contribution in [-0.4, -0.2) is 42.5 Å². The van der Waals surface area contributed by atoms with Gasteiger partial charge < -0.3 is 19.7 Å². The zero-order valence-corrected chi connectivity index (χ0v) is 19.1. The minimum atomic E-state index is -0.486. The highest BCUT2D eigenvalue weighted by atomic mass is 16.6. The molecule has 1 aliphatic rings. The molecule has 0 spiro atoms. The normalized spacial score (nSPS) is 13.3. The lowest BCUT2D eigenvalue weighted by atomic mass is 10.1. The highest BCUT2D eigenvalue weighted by Crippen LogP contribution is 2.31. The van der Waals surface area contributed by atoms with E-state index >= 15 is 0 Å². The molecule has 0 aliphatic carbocycles. The van der Waals surface area contributed by atoms with Crippen molar-refractivity contribution >= 4 is 11.8 Å². The summed E-state index contributed by atoms with van der Waals surface area (Å²) in [6.07, 6.45) is 3.42. The van der Waals surface area contributed by atoms with Crippen molar-refractivity contribution in [3.05, 3.63) is 59.7 Å². The van der Waals surface area contributed by atoms with Crippen LogP contribution in [0.15, 0.2) is 48.5 Å². The van der Waals surface area contributed by atoms with Crippen LogP contribution in [0.4, 0.5) is 0 Å². The molecule has 0 aromatic heterocycles. The summed E-state index contributed by atoms with van der Waals surface area (Å²) >= 11 is 0. The van der Waals surface area contributed by atoms with E-state index in [1.54, 1.807) is 4.90 Å². The van der Waals surface area contributed by atoms with E-state index in [4.69, 9.17) is 9.47 Å². The Morgan fingerprint density at radius 1 is 1.00 bits per heavy atom. The maximum Gasteiger partial charge on any atom is 0.242 e. The maximum absolute atomic E-state index is 13.3. The monoisotopic (exact) mass is 438 g/mol. The number of nitrogens with one attached hydrogen (secondary N) is 1. The smallest absolute Gasteiger partial charge is 0.242 e. The first-order valence-corrected chi connectivity index (χ1v) is 11.6. The van der Waals surface area contributed by atoms with Gasteiger partial charge in [-0.15, -0.1) is 0 Å². The molecule has 3 rings (SSSR count). The van der Waals surface area contributed by atoms with Crippen molar-refractivity contribution in [3.8, 4) is 11.5 Å². The van der Waals surface area contributed by atoms with Gasteiger partial charge in [0.15, 0.2) is 11.5 Å². The summed E-state index contributed by atoms with van der Waals surface area (Å²) in [7, 11) is 0. The summed E-state index contributed by atoms with van der Waals surface area (Å²) in [5.74, 6) is 1.36. The molecular weight excluding hydrogens is 404 g/mol. The predicted molar refractivity (Wildman–Crippen MR) is 125 cm³/mol. The van der Waals surface area contributed by atoms with Crippen molar-refractivity contribution in [2.75, 3.05) is 19.8 Å². The van der Waals surface area contributed by atoms with Gasteiger partial charge >= 0.3 is 0 Å². The van der Waals surface area contributed by atoms with E-state index in [1.165, 1.54) is 0 Å². The largest absolute Gasteiger partial charge is 0.486 e. The van der Waals surface area contributed by atoms with E-state index in [9.17, 15) is 9.59 Å². The molecule has 0 bridgehead atoms. The zero-order chi connectivity index (χ0) is 22.8. The first kappa shape index (κ1) is 23.6. The van der Waals surface area contributed by atoms with Gasteiger partial charge in [-0.2, -0.15) is 0 Å². The Labute approximate surface area is 190 Å². The van der Waals surface area contributed by atoms with Crippen LogP contribution in [0.2, 0.25) is 0 Å². The van der Waals surface area contributed by atoms with Gasteiger partial charge in [-0.05, 0) is 42.5 Å². The second-order valence-corrected chi connectivity index (χ2v) is 8.05. The van der Waals surface area contributed by atoms with E-state index in [0.717, 1.165) is 35.5 Å². The van der Waals surface area contributed by atoms with Crippen LogP contribution in [0.1, 0.15) is 50.7 Å². The van der Waals surface area contributed by atoms with Crippen molar-refractivity contribution in [2.24, 2.45) is 0 Å². The molecule has 32 heavy (non-hydrogen) atoms. The number of aryl methyl sites for hydroxylation is 1. The van der Waals surface area contributed by atoms with Gasteiger partial charge in [-0.25, -0.2) is 0 Å². The fraction of sp³-hybridized carbons (Fsp3) is 0.462. The molecular formula is C26H34N2O4. The molecule has 6 nitrogen and oxygen atoms in total. The second kappa shape index (κ2) is 12.1. The van der Waals surface area contributed by atoms with Gasteiger partial charge in [0.1, 0.15) is 19.3 Å². The summed E-state index contributed by atoms with van der Waals surface area (Å²) in [5.41, 5.74) is 2.03. The van der Waals surface area contributed by atoms with Gasteiger partial charge in [0.2, 0.25) is 11.8 Å². The van der Waals surface area contributed by atoms with Crippen molar-refractivity contribution < 1.29 is 19.1 Å². The molecule has 1 unspecified atom stereocenters. The summed E-state index contributed by atoms with van der Waals surface area (Å²) in [4.78, 5) is 27.9. The third-order valence-corrected chi connectivity index (χ3v) is 5.65. The molecule has 2 aromatic carbocycles. The predicted octanol–water partition coefficient (Wildman–Crippen LogP) is 4.11. The topological polar surface area (TPSA) is 67.9 Å². The zero-order valence-electron chi connectivity index (χ0n) is 19.1. The summed E-state index contributed by atoms with van der Waals surface area (Å²) < 4.78 is 11.2. The SMILES string of the molecule is CCCCNC(=O)C(CC)N(Cc1ccccc1)C(=O)CCc1ccc2c(c1)OCCO2. The fourth-order valence-corrected chi connectivity index (χ4v) is 3.84. The molecule has 1 aliphatic heterocycles. The Balaban J connectivity index is 1.71. The minimum absolute atomic E-state index is 0.0266. The average Bonchev–Trinajstić information content (AvgIpc) is 2.83. The molecule has 0 saturated carbocycles. The lowest BCUT2D eigenvalue weighted by Gasteiger charge is -2.31. The van der Waals surface area contributed by atoms with E-state index in [1.807, 2.05) is 55.5 Å². The Bertz CT molecular complexity index is 885. The summed E-state index contributed by atoms with van der Waals surface area (Å²) in [5, 5.41) is 3.00. The van der Waals surface area contributed by atoms with Crippen LogP contribution < -0.4 is 14.8 Å². The quantitative estimate of drug-likeness (QED) is 0.536. The number of unbranched alkanes of at least 4 members (excludes halogenated alkanes) is 1. The highest BCUT2D eigenvalue weighted by molar-refractivity contribution is 5.87. The Morgan fingerprint density at radius 2 is 1.75 bits per heavy atom. The number of hydrogen-bond acceptors (Lipinski definition) is 4. The number of hydrogen-bond donors (Lipinski definition) is 1. The number of rotatable bonds is 11. The number of benzene rings is 2. The lowest BCUT2D eigenvalue weighted by Crippen LogP contribution is -2.49. The molecule has 0 saturated heterocycles. The third-order valence-electron chi connectivity index (χ3n) is 5.65. The van der Waals surface area contributed by atoms with Gasteiger partial charge in [0.25, 0.3) is 0 Å². The van der Waals surface area contributed by atoms with Crippen LogP contribution in [0.3, 0.4) is 0 Å². The number of ether oxygens (including phenoxy) is 2. The molecule has 0 radical (unpaired) electrons. The molecule has 6 heteroatoms. The first-order chi connectivity index (χ1) is 15.6. The van der Waals surface area contributed by atoms with Gasteiger partial charge in [0, 0.05) is 19.5 Å². The Morgan fingerprint density at radius 3 is 2.47 bits per heavy atom. The maximum atomic E-state index is 13.3. The van der Waals surface area contributed by atoms with E-state index in [-0.39, 0.29) is 11.8 Å². The minimum Gasteiger partial charge on any atom is -0.486 e. The molecule has 1 atom stereocenters. The Hall–Kier alpha value is -3.02. The van der Waals surface area contributed by atoms with Crippen LogP contribution in [-0.2, 0) is 22.6 Å². The van der Waals surface area contributed by atoms with Crippen LogP contribution in [0, 0.1) is 0 Å². The second-order valence-electron chi connectivity index (χ2n) is 8.05. The number of amides is 2. The fourth-order valence-electron chi connectivity index (χ4n) is 3.84. The van der Waals surface area contributed by atoms with Gasteiger partial charge in [0.05, 0.1) is 0 Å². The van der Waals surface area contributed by atoms with Crippen LogP contribution in [0.5, 0.6) is 11.5 Å². The molecule has 1 N–H and O–H groups in total. The van der Waals surface area contributed by atoms with E-state index in [2.05, 4.69) is 12.2 Å². The van der Waals surface area contributed by atoms with Crippen molar-refractivity contribution in [1.29, 1.82) is 0 Å². The van der Waals surface area contributed by atoms with Crippen molar-refractivity contribution in [1.82, 2.24) is 10.2 Å². The number of fused-ring (bicyclic) bond motifs is 1.